The van der Waals surface area contributed by atoms with Gasteiger partial charge in [-0.15, -0.1) is 0 Å². The summed E-state index contributed by atoms with van der Waals surface area (Å²) in [6.07, 6.45) is 1.43. The Bertz CT molecular complexity index is 570. The molecule has 0 amide bonds. The van der Waals surface area contributed by atoms with Crippen LogP contribution in [0.25, 0.3) is 0 Å². The van der Waals surface area contributed by atoms with E-state index >= 15 is 0 Å². The number of carbonyl (C=O) groups is 1. The zero-order valence-corrected chi connectivity index (χ0v) is 11.2. The smallest absolute Gasteiger partial charge is 0.336 e. The number of halogens is 1. The Morgan fingerprint density at radius 2 is 2.29 bits per heavy atom. The second-order valence-corrected chi connectivity index (χ2v) is 5.14. The predicted octanol–water partition coefficient (Wildman–Crippen LogP) is 2.43. The maximum Gasteiger partial charge on any atom is 0.336 e. The number of nitrogens with zero attached hydrogens (tertiary/aromatic N) is 3. The van der Waals surface area contributed by atoms with Crippen molar-refractivity contribution in [1.29, 1.82) is 0 Å². The molecular weight excluding hydrogens is 306 g/mol. The summed E-state index contributed by atoms with van der Waals surface area (Å²) in [5.74, 6) is -0.962. The molecule has 0 saturated heterocycles. The van der Waals surface area contributed by atoms with Crippen LogP contribution in [0.4, 0.5) is 0 Å². The van der Waals surface area contributed by atoms with Gasteiger partial charge < -0.3 is 5.11 Å². The number of benzene rings is 1. The van der Waals surface area contributed by atoms with Gasteiger partial charge in [-0.1, -0.05) is 15.9 Å². The van der Waals surface area contributed by atoms with E-state index in [0.29, 0.717) is 10.1 Å². The molecule has 0 fully saturated rings. The Hall–Kier alpha value is -1.34. The van der Waals surface area contributed by atoms with Crippen LogP contribution in [0.5, 0.6) is 0 Å². The van der Waals surface area contributed by atoms with Gasteiger partial charge >= 0.3 is 5.97 Å². The molecule has 1 aromatic carbocycles. The molecule has 0 aliphatic heterocycles. The molecule has 1 aromatic heterocycles. The highest BCUT2D eigenvalue weighted by molar-refractivity contribution is 9.10. The molecule has 17 heavy (non-hydrogen) atoms. The molecule has 1 heterocycles. The number of hydrogen-bond acceptors (Lipinski definition) is 4. The van der Waals surface area contributed by atoms with E-state index in [1.807, 2.05) is 0 Å². The predicted molar refractivity (Wildman–Crippen MR) is 66.2 cm³/mol. The number of aromatic nitrogens is 3. The van der Waals surface area contributed by atoms with Gasteiger partial charge in [0.05, 0.1) is 5.56 Å². The maximum atomic E-state index is 11.1. The Kier molecular flexibility index (Phi) is 3.49. The highest BCUT2D eigenvalue weighted by Crippen LogP contribution is 2.30. The van der Waals surface area contributed by atoms with Gasteiger partial charge in [0.15, 0.2) is 5.16 Å². The number of aromatic carboxylic acids is 1. The summed E-state index contributed by atoms with van der Waals surface area (Å²) in [6.45, 7) is 0. The molecular formula is C10H8BrN3O2S. The molecule has 2 rings (SSSR count). The van der Waals surface area contributed by atoms with Crippen molar-refractivity contribution in [3.8, 4) is 0 Å². The fourth-order valence-electron chi connectivity index (χ4n) is 1.23. The lowest BCUT2D eigenvalue weighted by Gasteiger charge is -2.05. The summed E-state index contributed by atoms with van der Waals surface area (Å²) in [5.41, 5.74) is 0.243. The minimum Gasteiger partial charge on any atom is -0.478 e. The van der Waals surface area contributed by atoms with Crippen LogP contribution in [0, 0.1) is 0 Å². The van der Waals surface area contributed by atoms with E-state index < -0.39 is 5.97 Å². The second-order valence-electron chi connectivity index (χ2n) is 3.21. The molecule has 2 aromatic rings. The zero-order valence-electron chi connectivity index (χ0n) is 8.79. The third kappa shape index (κ3) is 2.67. The van der Waals surface area contributed by atoms with Crippen molar-refractivity contribution in [2.24, 2.45) is 7.05 Å². The van der Waals surface area contributed by atoms with Crippen LogP contribution in [-0.4, -0.2) is 25.8 Å². The van der Waals surface area contributed by atoms with E-state index in [1.165, 1.54) is 18.1 Å². The van der Waals surface area contributed by atoms with Gasteiger partial charge in [-0.2, -0.15) is 5.10 Å². The summed E-state index contributed by atoms with van der Waals surface area (Å²) >= 11 is 4.52. The van der Waals surface area contributed by atoms with Crippen LogP contribution in [0.1, 0.15) is 10.4 Å². The first-order chi connectivity index (χ1) is 8.08. The zero-order chi connectivity index (χ0) is 12.4. The first-order valence-corrected chi connectivity index (χ1v) is 6.23. The summed E-state index contributed by atoms with van der Waals surface area (Å²) in [4.78, 5) is 15.8. The van der Waals surface area contributed by atoms with Crippen molar-refractivity contribution in [1.82, 2.24) is 14.8 Å². The average molecular weight is 314 g/mol. The van der Waals surface area contributed by atoms with Crippen LogP contribution >= 0.6 is 27.7 Å². The summed E-state index contributed by atoms with van der Waals surface area (Å²) < 4.78 is 2.33. The fraction of sp³-hybridized carbons (Fsp3) is 0.100. The van der Waals surface area contributed by atoms with Crippen LogP contribution in [0.2, 0.25) is 0 Å². The molecule has 0 bridgehead atoms. The van der Waals surface area contributed by atoms with Gasteiger partial charge in [-0.25, -0.2) is 14.5 Å². The molecule has 0 unspecified atom stereocenters. The van der Waals surface area contributed by atoms with Crippen molar-refractivity contribution in [3.05, 3.63) is 34.6 Å². The standard InChI is InChI=1S/C10H8BrN3O2S/c1-14-10(12-5-13-14)17-8-3-2-6(11)4-7(8)9(15)16/h2-5H,1H3,(H,15,16). The van der Waals surface area contributed by atoms with E-state index in [-0.39, 0.29) is 5.56 Å². The van der Waals surface area contributed by atoms with Gasteiger partial charge in [0.1, 0.15) is 6.33 Å². The molecule has 5 nitrogen and oxygen atoms in total. The maximum absolute atomic E-state index is 11.1. The molecule has 0 spiro atoms. The lowest BCUT2D eigenvalue weighted by Crippen LogP contribution is -2.00. The van der Waals surface area contributed by atoms with Crippen molar-refractivity contribution in [2.45, 2.75) is 10.1 Å². The Morgan fingerprint density at radius 3 is 2.88 bits per heavy atom. The molecule has 0 aliphatic rings. The molecule has 1 N–H and O–H groups in total. The SMILES string of the molecule is Cn1ncnc1Sc1ccc(Br)cc1C(=O)O. The Balaban J connectivity index is 2.39. The third-order valence-electron chi connectivity index (χ3n) is 2.04. The minimum absolute atomic E-state index is 0.243. The minimum atomic E-state index is -0.962. The second kappa shape index (κ2) is 4.89. The monoisotopic (exact) mass is 313 g/mol. The summed E-state index contributed by atoms with van der Waals surface area (Å²) in [5, 5.41) is 13.7. The molecule has 7 heteroatoms. The van der Waals surface area contributed by atoms with Gasteiger partial charge in [0.25, 0.3) is 0 Å². The highest BCUT2D eigenvalue weighted by atomic mass is 79.9. The number of carboxylic acids is 1. The fourth-order valence-corrected chi connectivity index (χ4v) is 2.46. The Labute approximate surface area is 110 Å². The van der Waals surface area contributed by atoms with Crippen molar-refractivity contribution >= 4 is 33.7 Å². The first-order valence-electron chi connectivity index (χ1n) is 4.62. The van der Waals surface area contributed by atoms with Crippen molar-refractivity contribution in [3.63, 3.8) is 0 Å². The molecule has 0 atom stereocenters. The molecule has 88 valence electrons. The van der Waals surface area contributed by atoms with Gasteiger partial charge in [-0.3, -0.25) is 0 Å². The van der Waals surface area contributed by atoms with Crippen LogP contribution in [0.3, 0.4) is 0 Å². The topological polar surface area (TPSA) is 68.0 Å². The van der Waals surface area contributed by atoms with E-state index in [2.05, 4.69) is 26.0 Å². The Morgan fingerprint density at radius 1 is 1.53 bits per heavy atom. The van der Waals surface area contributed by atoms with Crippen LogP contribution in [-0.2, 0) is 7.05 Å². The van der Waals surface area contributed by atoms with Gasteiger partial charge in [0.2, 0.25) is 0 Å². The normalized spacial score (nSPS) is 10.5. The molecule has 0 radical (unpaired) electrons. The number of rotatable bonds is 3. The van der Waals surface area contributed by atoms with Gasteiger partial charge in [0, 0.05) is 16.4 Å². The van der Waals surface area contributed by atoms with E-state index in [4.69, 9.17) is 5.11 Å². The largest absolute Gasteiger partial charge is 0.478 e. The highest BCUT2D eigenvalue weighted by Gasteiger charge is 2.13. The number of hydrogen-bond donors (Lipinski definition) is 1. The van der Waals surface area contributed by atoms with E-state index in [9.17, 15) is 4.79 Å². The molecule has 0 aliphatic carbocycles. The average Bonchev–Trinajstić information content (AvgIpc) is 2.67. The first kappa shape index (κ1) is 12.1. The third-order valence-corrected chi connectivity index (χ3v) is 3.66. The summed E-state index contributed by atoms with van der Waals surface area (Å²) in [7, 11) is 1.76. The van der Waals surface area contributed by atoms with Crippen LogP contribution in [0.15, 0.2) is 39.1 Å². The van der Waals surface area contributed by atoms with Gasteiger partial charge in [-0.05, 0) is 30.0 Å². The quantitative estimate of drug-likeness (QED) is 0.942. The van der Waals surface area contributed by atoms with E-state index in [0.717, 1.165) is 4.47 Å². The van der Waals surface area contributed by atoms with Crippen molar-refractivity contribution in [2.75, 3.05) is 0 Å². The lowest BCUT2D eigenvalue weighted by atomic mass is 10.2. The lowest BCUT2D eigenvalue weighted by molar-refractivity contribution is 0.0693. The van der Waals surface area contributed by atoms with Crippen molar-refractivity contribution < 1.29 is 9.90 Å². The van der Waals surface area contributed by atoms with Crippen LogP contribution < -0.4 is 0 Å². The molecule has 0 saturated carbocycles. The summed E-state index contributed by atoms with van der Waals surface area (Å²) in [6, 6.07) is 5.11. The van der Waals surface area contributed by atoms with E-state index in [1.54, 1.807) is 29.9 Å². The number of carboxylic acid groups (broad SMARTS) is 1. The number of aryl methyl sites for hydroxylation is 1.